The molecule has 0 radical (unpaired) electrons. The molecule has 270 valence electrons. The van der Waals surface area contributed by atoms with E-state index >= 15 is 0 Å². The number of rotatable bonds is 7. The second kappa shape index (κ2) is 14.6. The predicted octanol–water partition coefficient (Wildman–Crippen LogP) is 4.29. The van der Waals surface area contributed by atoms with E-state index in [2.05, 4.69) is 15.7 Å². The van der Waals surface area contributed by atoms with E-state index in [1.807, 2.05) is 18.2 Å². The van der Waals surface area contributed by atoms with Gasteiger partial charge in [0.2, 0.25) is 11.8 Å². The summed E-state index contributed by atoms with van der Waals surface area (Å²) in [4.78, 5) is 60.3. The van der Waals surface area contributed by atoms with Crippen LogP contribution in [0.1, 0.15) is 70.6 Å². The van der Waals surface area contributed by atoms with Gasteiger partial charge in [-0.25, -0.2) is 19.3 Å². The van der Waals surface area contributed by atoms with Crippen molar-refractivity contribution in [3.63, 3.8) is 0 Å². The Labute approximate surface area is 295 Å². The maximum atomic E-state index is 14.4. The molecule has 2 aliphatic heterocycles. The second-order valence-electron chi connectivity index (χ2n) is 13.9. The minimum absolute atomic E-state index is 0.0350. The summed E-state index contributed by atoms with van der Waals surface area (Å²) in [6, 6.07) is 6.98. The summed E-state index contributed by atoms with van der Waals surface area (Å²) in [6.45, 7) is 0.0350. The van der Waals surface area contributed by atoms with Gasteiger partial charge >= 0.3 is 12.1 Å². The molecule has 1 aromatic carbocycles. The van der Waals surface area contributed by atoms with Crippen LogP contribution in [0.4, 0.5) is 4.79 Å². The summed E-state index contributed by atoms with van der Waals surface area (Å²) in [5.41, 5.74) is -0.844. The summed E-state index contributed by atoms with van der Waals surface area (Å²) in [6.07, 6.45) is 13.1. The molecule has 1 saturated heterocycles. The molecule has 3 fully saturated rings. The standard InChI is InChI=1S/C37H44N6O8/c1-49-25-14-15-27-29(18-25)39-32(43-17-9-16-38-43)20-31(27)50-26-19-30-33(44)41-37(35(46)47)21-23(37)10-5-3-2-4-6-13-28(34(45)42(30)22-26)40-36(48)51-24-11-7-8-12-24/h5,9-10,14-18,20,23-24,26,28,30H,2-4,6-8,11-13,19,21-22H2,1H3,(H,40,48)(H,41,44)(H,46,47)/b10-5-/t23-,26-,28+,30+,37-/m1/s1. The number of carbonyl (C=O) groups is 4. The van der Waals surface area contributed by atoms with Gasteiger partial charge in [0.05, 0.1) is 19.2 Å². The molecule has 0 unspecified atom stereocenters. The maximum Gasteiger partial charge on any atom is 0.408 e. The first-order valence-electron chi connectivity index (χ1n) is 17.9. The molecule has 51 heavy (non-hydrogen) atoms. The summed E-state index contributed by atoms with van der Waals surface area (Å²) in [5.74, 6) is -0.887. The van der Waals surface area contributed by atoms with Crippen LogP contribution in [0, 0.1) is 5.92 Å². The first-order valence-corrected chi connectivity index (χ1v) is 17.9. The number of pyridine rings is 1. The van der Waals surface area contributed by atoms with Crippen molar-refractivity contribution in [2.75, 3.05) is 13.7 Å². The van der Waals surface area contributed by atoms with E-state index in [4.69, 9.17) is 19.2 Å². The fourth-order valence-electron chi connectivity index (χ4n) is 7.57. The van der Waals surface area contributed by atoms with E-state index in [1.54, 1.807) is 48.5 Å². The van der Waals surface area contributed by atoms with Gasteiger partial charge in [0.1, 0.15) is 41.3 Å². The Bertz CT molecular complexity index is 1810. The topological polar surface area (TPSA) is 174 Å². The number of methoxy groups -OCH3 is 1. The number of hydrogen-bond acceptors (Lipinski definition) is 9. The highest BCUT2D eigenvalue weighted by molar-refractivity contribution is 5.96. The SMILES string of the molecule is COc1ccc2c(O[C@@H]3C[C@H]4C(=O)N[C@]5(C(=O)O)C[C@H]5/C=C\CCCCC[C@H](NC(=O)OC5CCCC5)C(=O)N4C3)cc(-n3cccn3)nc2c1. The number of fused-ring (bicyclic) bond motifs is 3. The van der Waals surface area contributed by atoms with Gasteiger partial charge < -0.3 is 34.9 Å². The van der Waals surface area contributed by atoms with Gasteiger partial charge in [-0.2, -0.15) is 5.10 Å². The number of alkyl carbamates (subject to hydrolysis) is 1. The van der Waals surface area contributed by atoms with Crippen LogP contribution in [0.2, 0.25) is 0 Å². The summed E-state index contributed by atoms with van der Waals surface area (Å²) >= 11 is 0. The highest BCUT2D eigenvalue weighted by Gasteiger charge is 2.61. The number of carbonyl (C=O) groups excluding carboxylic acids is 3. The van der Waals surface area contributed by atoms with Crippen molar-refractivity contribution in [2.45, 2.75) is 100 Å². The quantitative estimate of drug-likeness (QED) is 0.302. The summed E-state index contributed by atoms with van der Waals surface area (Å²) in [5, 5.41) is 20.8. The van der Waals surface area contributed by atoms with E-state index in [9.17, 15) is 24.3 Å². The van der Waals surface area contributed by atoms with Crippen LogP contribution in [0.5, 0.6) is 11.5 Å². The Balaban J connectivity index is 1.20. The van der Waals surface area contributed by atoms with Crippen molar-refractivity contribution in [3.05, 3.63) is 54.9 Å². The molecule has 7 rings (SSSR count). The fraction of sp³-hybridized carbons (Fsp3) is 0.514. The van der Waals surface area contributed by atoms with Gasteiger partial charge in [-0.1, -0.05) is 25.0 Å². The monoisotopic (exact) mass is 700 g/mol. The average molecular weight is 701 g/mol. The van der Waals surface area contributed by atoms with Crippen LogP contribution >= 0.6 is 0 Å². The summed E-state index contributed by atoms with van der Waals surface area (Å²) < 4.78 is 19.3. The van der Waals surface area contributed by atoms with Gasteiger partial charge in [0.25, 0.3) is 0 Å². The molecule has 2 aliphatic carbocycles. The minimum atomic E-state index is -1.44. The van der Waals surface area contributed by atoms with Crippen molar-refractivity contribution in [1.29, 1.82) is 0 Å². The van der Waals surface area contributed by atoms with Gasteiger partial charge in [-0.15, -0.1) is 0 Å². The van der Waals surface area contributed by atoms with Gasteiger partial charge in [0.15, 0.2) is 5.82 Å². The molecule has 3 N–H and O–H groups in total. The van der Waals surface area contributed by atoms with Crippen LogP contribution in [-0.4, -0.2) is 92.1 Å². The average Bonchev–Trinajstić information content (AvgIpc) is 3.61. The lowest BCUT2D eigenvalue weighted by molar-refractivity contribution is -0.145. The maximum absolute atomic E-state index is 14.4. The molecular formula is C37H44N6O8. The Morgan fingerprint density at radius 1 is 1.06 bits per heavy atom. The molecule has 0 bridgehead atoms. The Hall–Kier alpha value is -5.14. The van der Waals surface area contributed by atoms with Crippen molar-refractivity contribution in [3.8, 4) is 17.3 Å². The molecule has 4 heterocycles. The van der Waals surface area contributed by atoms with Crippen LogP contribution < -0.4 is 20.1 Å². The van der Waals surface area contributed by atoms with E-state index in [-0.39, 0.29) is 31.4 Å². The van der Waals surface area contributed by atoms with E-state index in [0.29, 0.717) is 41.1 Å². The lowest BCUT2D eigenvalue weighted by Gasteiger charge is -2.29. The van der Waals surface area contributed by atoms with E-state index in [1.165, 1.54) is 4.90 Å². The minimum Gasteiger partial charge on any atom is -0.497 e. The Morgan fingerprint density at radius 2 is 1.88 bits per heavy atom. The van der Waals surface area contributed by atoms with Crippen LogP contribution in [0.3, 0.4) is 0 Å². The molecule has 3 aromatic rings. The smallest absolute Gasteiger partial charge is 0.408 e. The number of aromatic nitrogens is 3. The van der Waals surface area contributed by atoms with E-state index < -0.39 is 47.6 Å². The number of allylic oxidation sites excluding steroid dienone is 1. The van der Waals surface area contributed by atoms with Gasteiger partial charge in [-0.05, 0) is 69.6 Å². The van der Waals surface area contributed by atoms with Crippen LogP contribution in [0.15, 0.2) is 54.9 Å². The first kappa shape index (κ1) is 34.3. The normalized spacial score (nSPS) is 27.7. The molecule has 0 spiro atoms. The molecule has 2 saturated carbocycles. The molecule has 2 aromatic heterocycles. The largest absolute Gasteiger partial charge is 0.497 e. The zero-order chi connectivity index (χ0) is 35.5. The number of carboxylic acids is 1. The third kappa shape index (κ3) is 7.35. The highest BCUT2D eigenvalue weighted by atomic mass is 16.6. The van der Waals surface area contributed by atoms with Crippen molar-refractivity contribution in [2.24, 2.45) is 5.92 Å². The zero-order valence-corrected chi connectivity index (χ0v) is 28.7. The predicted molar refractivity (Wildman–Crippen MR) is 184 cm³/mol. The molecule has 14 heteroatoms. The third-order valence-corrected chi connectivity index (χ3v) is 10.5. The van der Waals surface area contributed by atoms with Gasteiger partial charge in [-0.3, -0.25) is 9.59 Å². The highest BCUT2D eigenvalue weighted by Crippen LogP contribution is 2.45. The van der Waals surface area contributed by atoms with Crippen molar-refractivity contribution >= 4 is 34.8 Å². The van der Waals surface area contributed by atoms with Crippen molar-refractivity contribution in [1.82, 2.24) is 30.3 Å². The number of ether oxygens (including phenoxy) is 3. The van der Waals surface area contributed by atoms with Gasteiger partial charge in [0, 0.05) is 42.3 Å². The lowest BCUT2D eigenvalue weighted by atomic mass is 10.0. The second-order valence-corrected chi connectivity index (χ2v) is 13.9. The number of carboxylic acid groups (broad SMARTS) is 1. The van der Waals surface area contributed by atoms with E-state index in [0.717, 1.165) is 44.9 Å². The summed E-state index contributed by atoms with van der Waals surface area (Å²) in [7, 11) is 1.57. The lowest BCUT2D eigenvalue weighted by Crippen LogP contribution is -2.56. The molecular weight excluding hydrogens is 656 g/mol. The zero-order valence-electron chi connectivity index (χ0n) is 28.7. The van der Waals surface area contributed by atoms with Crippen LogP contribution in [0.25, 0.3) is 16.7 Å². The van der Waals surface area contributed by atoms with Crippen molar-refractivity contribution < 1.29 is 38.5 Å². The third-order valence-electron chi connectivity index (χ3n) is 10.5. The number of nitrogens with one attached hydrogen (secondary N) is 2. The molecule has 4 aliphatic rings. The number of nitrogens with zero attached hydrogens (tertiary/aromatic N) is 4. The molecule has 14 nitrogen and oxygen atoms in total. The number of aliphatic carboxylic acids is 1. The van der Waals surface area contributed by atoms with Crippen LogP contribution in [-0.2, 0) is 19.1 Å². The molecule has 3 amide bonds. The first-order chi connectivity index (χ1) is 24.7. The fourth-order valence-corrected chi connectivity index (χ4v) is 7.57. The Morgan fingerprint density at radius 3 is 2.65 bits per heavy atom. The number of hydrogen-bond donors (Lipinski definition) is 3. The number of amides is 3. The Kier molecular flexibility index (Phi) is 9.83. The number of benzene rings is 1. The molecule has 5 atom stereocenters.